The summed E-state index contributed by atoms with van der Waals surface area (Å²) < 4.78 is 9.88. The Balaban J connectivity index is 1.91. The lowest BCUT2D eigenvalue weighted by Crippen LogP contribution is -2.35. The van der Waals surface area contributed by atoms with Gasteiger partial charge in [0.2, 0.25) is 5.91 Å². The van der Waals surface area contributed by atoms with Crippen LogP contribution in [0.2, 0.25) is 5.02 Å². The van der Waals surface area contributed by atoms with E-state index in [-0.39, 0.29) is 17.8 Å². The van der Waals surface area contributed by atoms with E-state index in [1.54, 1.807) is 25.1 Å². The van der Waals surface area contributed by atoms with Gasteiger partial charge in [-0.1, -0.05) is 17.7 Å². The van der Waals surface area contributed by atoms with Crippen molar-refractivity contribution in [1.29, 1.82) is 0 Å². The number of rotatable bonds is 11. The minimum atomic E-state index is -0.937. The summed E-state index contributed by atoms with van der Waals surface area (Å²) in [5.74, 6) is -2.16. The third-order valence-electron chi connectivity index (χ3n) is 4.38. The number of hydrogen-bond acceptors (Lipinski definition) is 8. The molecule has 0 aliphatic rings. The summed E-state index contributed by atoms with van der Waals surface area (Å²) in [4.78, 5) is 46.9. The molecule has 0 aliphatic heterocycles. The highest BCUT2D eigenvalue weighted by Gasteiger charge is 2.19. The Morgan fingerprint density at radius 3 is 2.58 bits per heavy atom. The molecule has 0 spiro atoms. The number of hydrogen-bond donors (Lipinski definition) is 3. The number of ether oxygens (including phenoxy) is 2. The molecule has 0 heterocycles. The van der Waals surface area contributed by atoms with Gasteiger partial charge in [0.15, 0.2) is 6.61 Å². The maximum atomic E-state index is 12.4. The lowest BCUT2D eigenvalue weighted by atomic mass is 10.1. The molecule has 0 radical (unpaired) electrons. The average molecular weight is 479 g/mol. The SMILES string of the molecule is COCCNc1ccc([N+](=O)[O-])cc1C(=O)OCC(=O)NCC(=O)Nc1cccc(Cl)c1C. The van der Waals surface area contributed by atoms with E-state index in [1.807, 2.05) is 0 Å². The van der Waals surface area contributed by atoms with Crippen molar-refractivity contribution in [2.45, 2.75) is 6.92 Å². The highest BCUT2D eigenvalue weighted by atomic mass is 35.5. The predicted molar refractivity (Wildman–Crippen MR) is 122 cm³/mol. The molecule has 0 aromatic heterocycles. The van der Waals surface area contributed by atoms with Gasteiger partial charge in [-0.2, -0.15) is 0 Å². The summed E-state index contributed by atoms with van der Waals surface area (Å²) >= 11 is 6.00. The van der Waals surface area contributed by atoms with Crippen molar-refractivity contribution >= 4 is 46.4 Å². The fourth-order valence-corrected chi connectivity index (χ4v) is 2.81. The molecule has 3 N–H and O–H groups in total. The third-order valence-corrected chi connectivity index (χ3v) is 4.79. The second-order valence-electron chi connectivity index (χ2n) is 6.72. The van der Waals surface area contributed by atoms with Crippen LogP contribution >= 0.6 is 11.6 Å². The number of amides is 2. The Bertz CT molecular complexity index is 1050. The lowest BCUT2D eigenvalue weighted by Gasteiger charge is -2.12. The van der Waals surface area contributed by atoms with Gasteiger partial charge >= 0.3 is 5.97 Å². The van der Waals surface area contributed by atoms with Gasteiger partial charge in [0.05, 0.1) is 23.6 Å². The number of halogens is 1. The van der Waals surface area contributed by atoms with Crippen molar-refractivity contribution < 1.29 is 28.8 Å². The van der Waals surface area contributed by atoms with Crippen molar-refractivity contribution in [1.82, 2.24) is 5.32 Å². The van der Waals surface area contributed by atoms with Crippen LogP contribution in [0.3, 0.4) is 0 Å². The van der Waals surface area contributed by atoms with Crippen LogP contribution in [-0.2, 0) is 19.1 Å². The highest BCUT2D eigenvalue weighted by Crippen LogP contribution is 2.24. The first-order chi connectivity index (χ1) is 15.7. The number of nitro benzene ring substituents is 1. The summed E-state index contributed by atoms with van der Waals surface area (Å²) in [7, 11) is 1.50. The minimum Gasteiger partial charge on any atom is -0.452 e. The standard InChI is InChI=1S/C21H23ClN4O7/c1-13-16(22)4-3-5-17(13)25-19(27)11-24-20(28)12-33-21(29)15-10-14(26(30)31)6-7-18(15)23-8-9-32-2/h3-7,10,23H,8-9,11-12H2,1-2H3,(H,24,28)(H,25,27). The zero-order chi connectivity index (χ0) is 24.4. The first-order valence-electron chi connectivity index (χ1n) is 9.73. The molecule has 2 rings (SSSR count). The van der Waals surface area contributed by atoms with Gasteiger partial charge in [0, 0.05) is 42.2 Å². The maximum absolute atomic E-state index is 12.4. The van der Waals surface area contributed by atoms with Crippen LogP contribution in [0, 0.1) is 17.0 Å². The van der Waals surface area contributed by atoms with Crippen LogP contribution in [0.5, 0.6) is 0 Å². The Kier molecular flexibility index (Phi) is 9.58. The average Bonchev–Trinajstić information content (AvgIpc) is 2.79. The predicted octanol–water partition coefficient (Wildman–Crippen LogP) is 2.53. The van der Waals surface area contributed by atoms with Crippen LogP contribution in [0.1, 0.15) is 15.9 Å². The summed E-state index contributed by atoms with van der Waals surface area (Å²) in [5, 5.41) is 19.4. The van der Waals surface area contributed by atoms with Crippen LogP contribution in [0.15, 0.2) is 36.4 Å². The fourth-order valence-electron chi connectivity index (χ4n) is 2.63. The van der Waals surface area contributed by atoms with Crippen LogP contribution < -0.4 is 16.0 Å². The third kappa shape index (κ3) is 7.74. The van der Waals surface area contributed by atoms with Crippen molar-refractivity contribution in [3.63, 3.8) is 0 Å². The van der Waals surface area contributed by atoms with Crippen LogP contribution in [0.4, 0.5) is 17.1 Å². The van der Waals surface area contributed by atoms with E-state index in [9.17, 15) is 24.5 Å². The van der Waals surface area contributed by atoms with Gasteiger partial charge in [-0.15, -0.1) is 0 Å². The van der Waals surface area contributed by atoms with E-state index in [0.29, 0.717) is 35.1 Å². The number of anilines is 2. The molecule has 0 aliphatic carbocycles. The monoisotopic (exact) mass is 478 g/mol. The van der Waals surface area contributed by atoms with Gasteiger partial charge < -0.3 is 25.4 Å². The molecule has 2 amide bonds. The van der Waals surface area contributed by atoms with E-state index < -0.39 is 29.3 Å². The molecule has 0 saturated heterocycles. The second kappa shape index (κ2) is 12.4. The van der Waals surface area contributed by atoms with Gasteiger partial charge in [-0.05, 0) is 30.7 Å². The molecule has 2 aromatic carbocycles. The van der Waals surface area contributed by atoms with E-state index >= 15 is 0 Å². The molecule has 2 aromatic rings. The Morgan fingerprint density at radius 2 is 1.88 bits per heavy atom. The lowest BCUT2D eigenvalue weighted by molar-refractivity contribution is -0.384. The topological polar surface area (TPSA) is 149 Å². The molecule has 0 saturated carbocycles. The Hall–Kier alpha value is -3.70. The zero-order valence-corrected chi connectivity index (χ0v) is 18.7. The normalized spacial score (nSPS) is 10.3. The van der Waals surface area contributed by atoms with Gasteiger partial charge in [-0.3, -0.25) is 19.7 Å². The van der Waals surface area contributed by atoms with Gasteiger partial charge in [0.1, 0.15) is 0 Å². The van der Waals surface area contributed by atoms with E-state index in [4.69, 9.17) is 21.1 Å². The quantitative estimate of drug-likeness (QED) is 0.193. The molecule has 0 bridgehead atoms. The van der Waals surface area contributed by atoms with Gasteiger partial charge in [-0.25, -0.2) is 4.79 Å². The number of nitro groups is 1. The van der Waals surface area contributed by atoms with Crippen LogP contribution in [0.25, 0.3) is 0 Å². The van der Waals surface area contributed by atoms with E-state index in [1.165, 1.54) is 19.2 Å². The molecule has 11 nitrogen and oxygen atoms in total. The van der Waals surface area contributed by atoms with Crippen molar-refractivity contribution in [2.24, 2.45) is 0 Å². The first kappa shape index (κ1) is 25.6. The number of carbonyl (C=O) groups is 3. The highest BCUT2D eigenvalue weighted by molar-refractivity contribution is 6.31. The molecule has 12 heteroatoms. The van der Waals surface area contributed by atoms with Crippen molar-refractivity contribution in [3.05, 3.63) is 62.7 Å². The molecule has 0 atom stereocenters. The number of methoxy groups -OCH3 is 1. The Labute approximate surface area is 194 Å². The van der Waals surface area contributed by atoms with Crippen molar-refractivity contribution in [2.75, 3.05) is 44.0 Å². The van der Waals surface area contributed by atoms with Crippen molar-refractivity contribution in [3.8, 4) is 0 Å². The molecule has 33 heavy (non-hydrogen) atoms. The molecule has 0 unspecified atom stereocenters. The second-order valence-corrected chi connectivity index (χ2v) is 7.13. The van der Waals surface area contributed by atoms with E-state index in [2.05, 4.69) is 16.0 Å². The summed E-state index contributed by atoms with van der Waals surface area (Å²) in [6, 6.07) is 8.68. The first-order valence-corrected chi connectivity index (χ1v) is 10.1. The molecule has 0 fully saturated rings. The number of non-ortho nitro benzene ring substituents is 1. The maximum Gasteiger partial charge on any atom is 0.341 e. The number of nitrogens with zero attached hydrogens (tertiary/aromatic N) is 1. The largest absolute Gasteiger partial charge is 0.452 e. The van der Waals surface area contributed by atoms with E-state index in [0.717, 1.165) is 6.07 Å². The summed E-state index contributed by atoms with van der Waals surface area (Å²) in [6.07, 6.45) is 0. The number of carbonyl (C=O) groups excluding carboxylic acids is 3. The smallest absolute Gasteiger partial charge is 0.341 e. The van der Waals surface area contributed by atoms with Crippen LogP contribution in [-0.4, -0.2) is 56.1 Å². The minimum absolute atomic E-state index is 0.109. The summed E-state index contributed by atoms with van der Waals surface area (Å²) in [6.45, 7) is 1.38. The van der Waals surface area contributed by atoms with Gasteiger partial charge in [0.25, 0.3) is 11.6 Å². The number of esters is 1. The molecular weight excluding hydrogens is 456 g/mol. The molecule has 176 valence electrons. The number of nitrogens with one attached hydrogen (secondary N) is 3. The molecular formula is C21H23ClN4O7. The summed E-state index contributed by atoms with van der Waals surface area (Å²) in [5.41, 5.74) is 1.06. The zero-order valence-electron chi connectivity index (χ0n) is 18.0. The fraction of sp³-hybridized carbons (Fsp3) is 0.286. The number of benzene rings is 2. The Morgan fingerprint density at radius 1 is 1.12 bits per heavy atom.